The molecule has 0 bridgehead atoms. The van der Waals surface area contributed by atoms with E-state index in [2.05, 4.69) is 4.72 Å². The molecule has 1 spiro atoms. The van der Waals surface area contributed by atoms with Crippen molar-refractivity contribution in [2.45, 2.75) is 69.7 Å². The Labute approximate surface area is 237 Å². The summed E-state index contributed by atoms with van der Waals surface area (Å²) in [6, 6.07) is 3.19. The molecule has 11 heteroatoms. The maximum Gasteiger partial charge on any atom is 0.282 e. The van der Waals surface area contributed by atoms with E-state index in [1.165, 1.54) is 36.7 Å². The normalized spacial score (nSPS) is 20.1. The van der Waals surface area contributed by atoms with E-state index in [4.69, 9.17) is 28.2 Å². The molecule has 1 saturated carbocycles. The average molecular weight is 603 g/mol. The van der Waals surface area contributed by atoms with Gasteiger partial charge >= 0.3 is 0 Å². The van der Waals surface area contributed by atoms with Crippen molar-refractivity contribution < 1.29 is 13.2 Å². The predicted molar refractivity (Wildman–Crippen MR) is 154 cm³/mol. The third-order valence-electron chi connectivity index (χ3n) is 7.26. The Morgan fingerprint density at radius 3 is 2.41 bits per heavy atom. The topological polar surface area (TPSA) is 79.4 Å². The Kier molecular flexibility index (Phi) is 7.70. The fraction of sp³-hybridized carbons (Fsp3) is 0.615. The number of benzene rings is 1. The van der Waals surface area contributed by atoms with Gasteiger partial charge in [0.25, 0.3) is 5.91 Å². The van der Waals surface area contributed by atoms with Crippen molar-refractivity contribution in [3.8, 4) is 10.4 Å². The number of carbonyl (C=O) groups excluding carboxylic acids is 1. The zero-order valence-electron chi connectivity index (χ0n) is 21.4. The van der Waals surface area contributed by atoms with Gasteiger partial charge in [-0.2, -0.15) is 11.8 Å². The molecule has 1 N–H and O–H groups in total. The Balaban J connectivity index is 1.48. The molecule has 1 aliphatic carbocycles. The van der Waals surface area contributed by atoms with E-state index in [1.54, 1.807) is 26.8 Å². The van der Waals surface area contributed by atoms with E-state index in [9.17, 15) is 13.2 Å². The molecule has 0 radical (unpaired) electrons. The summed E-state index contributed by atoms with van der Waals surface area (Å²) in [6.07, 6.45) is 6.76. The van der Waals surface area contributed by atoms with Crippen molar-refractivity contribution >= 4 is 62.2 Å². The summed E-state index contributed by atoms with van der Waals surface area (Å²) in [5.41, 5.74) is 1.13. The molecule has 0 unspecified atom stereocenters. The summed E-state index contributed by atoms with van der Waals surface area (Å²) < 4.78 is 28.6. The van der Waals surface area contributed by atoms with Crippen LogP contribution in [0, 0.1) is 11.3 Å². The number of sulfonamides is 1. The zero-order chi connectivity index (χ0) is 26.6. The van der Waals surface area contributed by atoms with Crippen LogP contribution < -0.4 is 4.72 Å². The smallest absolute Gasteiger partial charge is 0.282 e. The second kappa shape index (κ2) is 10.3. The molecule has 5 rings (SSSR count). The van der Waals surface area contributed by atoms with E-state index in [0.717, 1.165) is 54.4 Å². The molecule has 1 aromatic carbocycles. The van der Waals surface area contributed by atoms with Gasteiger partial charge in [0.05, 0.1) is 20.6 Å². The summed E-state index contributed by atoms with van der Waals surface area (Å²) in [5, 5.41) is 0.620. The molecule has 3 heterocycles. The summed E-state index contributed by atoms with van der Waals surface area (Å²) in [4.78, 5) is 20.8. The SMILES string of the molecule is CC(C)(C)NS(=O)(=O)c1ccc(-c2sc(C(=O)N3CC4(CSC4)C3)nc2CC2CCCCC2)c(Cl)c1Cl. The van der Waals surface area contributed by atoms with Crippen molar-refractivity contribution in [2.75, 3.05) is 24.6 Å². The van der Waals surface area contributed by atoms with Crippen LogP contribution in [0.1, 0.15) is 68.4 Å². The number of nitrogens with zero attached hydrogens (tertiary/aromatic N) is 2. The lowest BCUT2D eigenvalue weighted by atomic mass is 9.83. The van der Waals surface area contributed by atoms with Crippen LogP contribution in [0.5, 0.6) is 0 Å². The van der Waals surface area contributed by atoms with Crippen molar-refractivity contribution in [3.05, 3.63) is 32.9 Å². The average Bonchev–Trinajstić information content (AvgIpc) is 3.16. The van der Waals surface area contributed by atoms with Gasteiger partial charge in [0.1, 0.15) is 4.90 Å². The number of thioether (sulfide) groups is 1. The number of aromatic nitrogens is 1. The fourth-order valence-corrected chi connectivity index (χ4v) is 10.0. The van der Waals surface area contributed by atoms with Crippen LogP contribution >= 0.6 is 46.3 Å². The van der Waals surface area contributed by atoms with E-state index in [0.29, 0.717) is 21.9 Å². The van der Waals surface area contributed by atoms with Crippen molar-refractivity contribution in [3.63, 3.8) is 0 Å². The molecule has 2 saturated heterocycles. The molecule has 6 nitrogen and oxygen atoms in total. The highest BCUT2D eigenvalue weighted by molar-refractivity contribution is 8.00. The lowest BCUT2D eigenvalue weighted by Crippen LogP contribution is -2.64. The number of carbonyl (C=O) groups is 1. The lowest BCUT2D eigenvalue weighted by Gasteiger charge is -2.54. The van der Waals surface area contributed by atoms with Crippen LogP contribution in [0.4, 0.5) is 0 Å². The summed E-state index contributed by atoms with van der Waals surface area (Å²) in [5.74, 6) is 2.74. The summed E-state index contributed by atoms with van der Waals surface area (Å²) in [6.45, 7) is 6.90. The fourth-order valence-electron chi connectivity index (χ4n) is 5.45. The van der Waals surface area contributed by atoms with Crippen LogP contribution in [0.3, 0.4) is 0 Å². The highest BCUT2D eigenvalue weighted by atomic mass is 35.5. The van der Waals surface area contributed by atoms with Crippen molar-refractivity contribution in [1.82, 2.24) is 14.6 Å². The molecule has 3 fully saturated rings. The van der Waals surface area contributed by atoms with Gasteiger partial charge in [-0.1, -0.05) is 61.4 Å². The molecule has 1 amide bonds. The lowest BCUT2D eigenvalue weighted by molar-refractivity contribution is 0.0230. The molecule has 2 aliphatic heterocycles. The molecule has 1 aromatic heterocycles. The quantitative estimate of drug-likeness (QED) is 0.408. The molecule has 202 valence electrons. The van der Waals surface area contributed by atoms with E-state index >= 15 is 0 Å². The largest absolute Gasteiger partial charge is 0.335 e. The Morgan fingerprint density at radius 1 is 1.14 bits per heavy atom. The Bertz CT molecular complexity index is 1300. The van der Waals surface area contributed by atoms with E-state index < -0.39 is 15.6 Å². The van der Waals surface area contributed by atoms with Crippen LogP contribution in [-0.2, 0) is 16.4 Å². The minimum atomic E-state index is -3.87. The molecule has 0 atom stereocenters. The first-order chi connectivity index (χ1) is 17.4. The number of nitrogens with one attached hydrogen (secondary N) is 1. The number of halogens is 2. The number of likely N-dealkylation sites (tertiary alicyclic amines) is 1. The Morgan fingerprint density at radius 2 is 1.81 bits per heavy atom. The third kappa shape index (κ3) is 5.73. The van der Waals surface area contributed by atoms with Crippen LogP contribution in [0.15, 0.2) is 17.0 Å². The summed E-state index contributed by atoms with van der Waals surface area (Å²) in [7, 11) is -3.87. The highest BCUT2D eigenvalue weighted by Crippen LogP contribution is 2.47. The first kappa shape index (κ1) is 27.7. The van der Waals surface area contributed by atoms with E-state index in [1.807, 2.05) is 16.7 Å². The van der Waals surface area contributed by atoms with Gasteiger partial charge in [0, 0.05) is 41.1 Å². The van der Waals surface area contributed by atoms with Crippen molar-refractivity contribution in [1.29, 1.82) is 0 Å². The van der Waals surface area contributed by atoms with Gasteiger partial charge in [-0.3, -0.25) is 4.79 Å². The first-order valence-corrected chi connectivity index (χ1v) is 17.0. The Hall–Kier alpha value is -0.840. The zero-order valence-corrected chi connectivity index (χ0v) is 25.4. The highest BCUT2D eigenvalue weighted by Gasteiger charge is 2.50. The number of hydrogen-bond donors (Lipinski definition) is 1. The van der Waals surface area contributed by atoms with Crippen LogP contribution in [0.2, 0.25) is 10.0 Å². The molecular formula is C26H33Cl2N3O3S3. The van der Waals surface area contributed by atoms with Crippen LogP contribution in [0.25, 0.3) is 10.4 Å². The number of thiazole rings is 1. The molecule has 37 heavy (non-hydrogen) atoms. The van der Waals surface area contributed by atoms with Gasteiger partial charge in [-0.25, -0.2) is 18.1 Å². The maximum atomic E-state index is 13.3. The van der Waals surface area contributed by atoms with Gasteiger partial charge in [-0.05, 0) is 39.2 Å². The van der Waals surface area contributed by atoms with Crippen molar-refractivity contribution in [2.24, 2.45) is 11.3 Å². The second-order valence-corrected chi connectivity index (χ2v) is 16.1. The molecule has 3 aliphatic rings. The van der Waals surface area contributed by atoms with E-state index in [-0.39, 0.29) is 20.8 Å². The monoisotopic (exact) mass is 601 g/mol. The van der Waals surface area contributed by atoms with Gasteiger partial charge in [0.15, 0.2) is 5.01 Å². The second-order valence-electron chi connectivity index (χ2n) is 11.8. The number of hydrogen-bond acceptors (Lipinski definition) is 6. The predicted octanol–water partition coefficient (Wildman–Crippen LogP) is 6.51. The number of rotatable bonds is 6. The molecular weight excluding hydrogens is 569 g/mol. The van der Waals surface area contributed by atoms with Gasteiger partial charge in [0.2, 0.25) is 10.0 Å². The minimum absolute atomic E-state index is 0.0204. The minimum Gasteiger partial charge on any atom is -0.335 e. The van der Waals surface area contributed by atoms with Gasteiger partial charge in [-0.15, -0.1) is 11.3 Å². The maximum absolute atomic E-state index is 13.3. The standard InChI is InChI=1S/C26H33Cl2N3O3S3/c1-25(2,3)30-37(33,34)19-10-9-17(20(27)21(19)28)22-18(11-16-7-5-4-6-8-16)29-23(36-22)24(32)31-12-26(13-31)14-35-15-26/h9-10,16,30H,4-8,11-15H2,1-3H3. The number of amides is 1. The van der Waals surface area contributed by atoms with Crippen LogP contribution in [-0.4, -0.2) is 54.3 Å². The third-order valence-corrected chi connectivity index (χ3v) is 12.8. The molecule has 2 aromatic rings. The summed E-state index contributed by atoms with van der Waals surface area (Å²) >= 11 is 16.6. The van der Waals surface area contributed by atoms with Gasteiger partial charge < -0.3 is 4.90 Å². The first-order valence-electron chi connectivity index (χ1n) is 12.8.